The molecule has 3 rings (SSSR count). The molecule has 1 saturated carbocycles. The topological polar surface area (TPSA) is 101 Å². The van der Waals surface area contributed by atoms with Crippen LogP contribution in [-0.4, -0.2) is 17.7 Å². The minimum absolute atomic E-state index is 0.0984. The van der Waals surface area contributed by atoms with Crippen molar-refractivity contribution in [1.82, 2.24) is 5.32 Å². The third-order valence-electron chi connectivity index (χ3n) is 4.06. The van der Waals surface area contributed by atoms with Crippen molar-refractivity contribution in [2.24, 2.45) is 11.7 Å². The van der Waals surface area contributed by atoms with Crippen molar-refractivity contribution in [2.75, 3.05) is 5.32 Å². The second-order valence-corrected chi connectivity index (χ2v) is 6.08. The number of hydrogen-bond acceptors (Lipinski definition) is 3. The second kappa shape index (κ2) is 7.17. The Morgan fingerprint density at radius 1 is 0.920 bits per heavy atom. The van der Waals surface area contributed by atoms with Crippen LogP contribution in [0.25, 0.3) is 0 Å². The van der Waals surface area contributed by atoms with Gasteiger partial charge in [-0.15, -0.1) is 0 Å². The molecule has 128 valence electrons. The highest BCUT2D eigenvalue weighted by atomic mass is 16.2. The highest BCUT2D eigenvalue weighted by molar-refractivity contribution is 6.04. The molecule has 1 aliphatic rings. The molecule has 3 amide bonds. The maximum atomic E-state index is 12.2. The van der Waals surface area contributed by atoms with Gasteiger partial charge in [-0.05, 0) is 54.8 Å². The van der Waals surface area contributed by atoms with Crippen LogP contribution in [0.4, 0.5) is 5.69 Å². The van der Waals surface area contributed by atoms with Crippen LogP contribution in [-0.2, 0) is 11.3 Å². The lowest BCUT2D eigenvalue weighted by atomic mass is 10.1. The molecule has 0 aliphatic heterocycles. The summed E-state index contributed by atoms with van der Waals surface area (Å²) in [5.41, 5.74) is 7.60. The Bertz CT molecular complexity index is 794. The largest absolute Gasteiger partial charge is 0.366 e. The monoisotopic (exact) mass is 337 g/mol. The van der Waals surface area contributed by atoms with Crippen molar-refractivity contribution in [3.05, 3.63) is 65.2 Å². The van der Waals surface area contributed by atoms with Crippen molar-refractivity contribution >= 4 is 23.4 Å². The van der Waals surface area contributed by atoms with Gasteiger partial charge in [0.2, 0.25) is 11.8 Å². The number of benzene rings is 2. The van der Waals surface area contributed by atoms with E-state index in [4.69, 9.17) is 5.73 Å². The second-order valence-electron chi connectivity index (χ2n) is 6.08. The molecule has 0 spiro atoms. The van der Waals surface area contributed by atoms with E-state index >= 15 is 0 Å². The lowest BCUT2D eigenvalue weighted by Crippen LogP contribution is -2.24. The van der Waals surface area contributed by atoms with Gasteiger partial charge >= 0.3 is 0 Å². The quantitative estimate of drug-likeness (QED) is 0.752. The highest BCUT2D eigenvalue weighted by Gasteiger charge is 2.29. The highest BCUT2D eigenvalue weighted by Crippen LogP contribution is 2.28. The predicted molar refractivity (Wildman–Crippen MR) is 93.9 cm³/mol. The Kier molecular flexibility index (Phi) is 4.79. The van der Waals surface area contributed by atoms with E-state index in [2.05, 4.69) is 10.6 Å². The Hall–Kier alpha value is -3.15. The fraction of sp³-hybridized carbons (Fsp3) is 0.211. The molecule has 0 heterocycles. The summed E-state index contributed by atoms with van der Waals surface area (Å²) in [5.74, 6) is -0.477. The zero-order chi connectivity index (χ0) is 17.8. The zero-order valence-electron chi connectivity index (χ0n) is 13.6. The number of carbonyl (C=O) groups excluding carboxylic acids is 3. The molecule has 0 unspecified atom stereocenters. The van der Waals surface area contributed by atoms with Crippen LogP contribution in [0, 0.1) is 5.92 Å². The van der Waals surface area contributed by atoms with Crippen molar-refractivity contribution in [1.29, 1.82) is 0 Å². The van der Waals surface area contributed by atoms with Crippen LogP contribution in [0.5, 0.6) is 0 Å². The van der Waals surface area contributed by atoms with Crippen LogP contribution in [0.2, 0.25) is 0 Å². The SMILES string of the molecule is NC(=O)c1ccc(NC(=O)c2ccc(CNC(=O)C3CC3)cc2)cc1. The number of hydrogen-bond donors (Lipinski definition) is 3. The molecule has 0 radical (unpaired) electrons. The maximum Gasteiger partial charge on any atom is 0.255 e. The van der Waals surface area contributed by atoms with Crippen LogP contribution >= 0.6 is 0 Å². The van der Waals surface area contributed by atoms with Crippen molar-refractivity contribution in [2.45, 2.75) is 19.4 Å². The number of nitrogens with one attached hydrogen (secondary N) is 2. The molecule has 0 aromatic heterocycles. The molecule has 0 atom stereocenters. The first-order valence-electron chi connectivity index (χ1n) is 8.11. The van der Waals surface area contributed by atoms with E-state index in [-0.39, 0.29) is 17.7 Å². The predicted octanol–water partition coefficient (Wildman–Crippen LogP) is 2.06. The number of carbonyl (C=O) groups is 3. The van der Waals surface area contributed by atoms with E-state index in [1.165, 1.54) is 0 Å². The lowest BCUT2D eigenvalue weighted by Gasteiger charge is -2.08. The molecular formula is C19H19N3O3. The molecule has 2 aromatic rings. The smallest absolute Gasteiger partial charge is 0.255 e. The summed E-state index contributed by atoms with van der Waals surface area (Å²) in [4.78, 5) is 34.9. The van der Waals surface area contributed by atoms with Gasteiger partial charge in [0.25, 0.3) is 5.91 Å². The molecule has 6 heteroatoms. The van der Waals surface area contributed by atoms with Gasteiger partial charge in [0.1, 0.15) is 0 Å². The van der Waals surface area contributed by atoms with Gasteiger partial charge in [-0.3, -0.25) is 14.4 Å². The van der Waals surface area contributed by atoms with Crippen LogP contribution < -0.4 is 16.4 Å². The van der Waals surface area contributed by atoms with E-state index in [9.17, 15) is 14.4 Å². The zero-order valence-corrected chi connectivity index (χ0v) is 13.6. The van der Waals surface area contributed by atoms with Gasteiger partial charge < -0.3 is 16.4 Å². The Labute approximate surface area is 145 Å². The molecule has 1 fully saturated rings. The minimum Gasteiger partial charge on any atom is -0.366 e. The van der Waals surface area contributed by atoms with Gasteiger partial charge in [-0.25, -0.2) is 0 Å². The summed E-state index contributed by atoms with van der Waals surface area (Å²) < 4.78 is 0. The van der Waals surface area contributed by atoms with E-state index in [0.29, 0.717) is 23.4 Å². The fourth-order valence-corrected chi connectivity index (χ4v) is 2.37. The average Bonchev–Trinajstić information content (AvgIpc) is 3.45. The molecule has 2 aromatic carbocycles. The Balaban J connectivity index is 1.56. The number of amides is 3. The van der Waals surface area contributed by atoms with Crippen LogP contribution in [0.15, 0.2) is 48.5 Å². The minimum atomic E-state index is -0.512. The molecule has 6 nitrogen and oxygen atoms in total. The molecule has 4 N–H and O–H groups in total. The van der Waals surface area contributed by atoms with E-state index in [1.807, 2.05) is 12.1 Å². The van der Waals surface area contributed by atoms with E-state index in [1.54, 1.807) is 36.4 Å². The Morgan fingerprint density at radius 3 is 2.08 bits per heavy atom. The van der Waals surface area contributed by atoms with Crippen LogP contribution in [0.1, 0.15) is 39.1 Å². The number of rotatable bonds is 6. The summed E-state index contributed by atoms with van der Waals surface area (Å²) in [6, 6.07) is 13.4. The number of anilines is 1. The standard InChI is InChI=1S/C19H19N3O3/c20-17(23)13-7-9-16(10-8-13)22-19(25)15-3-1-12(2-4-15)11-21-18(24)14-5-6-14/h1-4,7-10,14H,5-6,11H2,(H2,20,23)(H,21,24)(H,22,25). The first-order valence-corrected chi connectivity index (χ1v) is 8.11. The van der Waals surface area contributed by atoms with Crippen molar-refractivity contribution in [3.8, 4) is 0 Å². The fourth-order valence-electron chi connectivity index (χ4n) is 2.37. The summed E-state index contributed by atoms with van der Waals surface area (Å²) in [7, 11) is 0. The third kappa shape index (κ3) is 4.44. The maximum absolute atomic E-state index is 12.2. The third-order valence-corrected chi connectivity index (χ3v) is 4.06. The van der Waals surface area contributed by atoms with Gasteiger partial charge in [0.15, 0.2) is 0 Å². The van der Waals surface area contributed by atoms with E-state index in [0.717, 1.165) is 18.4 Å². The summed E-state index contributed by atoms with van der Waals surface area (Å²) in [5, 5.41) is 5.64. The van der Waals surface area contributed by atoms with Crippen LogP contribution in [0.3, 0.4) is 0 Å². The molecule has 0 bridgehead atoms. The van der Waals surface area contributed by atoms with Gasteiger partial charge in [-0.1, -0.05) is 12.1 Å². The van der Waals surface area contributed by atoms with Gasteiger partial charge in [0, 0.05) is 29.3 Å². The first kappa shape index (κ1) is 16.7. The average molecular weight is 337 g/mol. The van der Waals surface area contributed by atoms with E-state index < -0.39 is 5.91 Å². The number of nitrogens with two attached hydrogens (primary N) is 1. The Morgan fingerprint density at radius 2 is 1.52 bits per heavy atom. The normalized spacial score (nSPS) is 13.1. The molecular weight excluding hydrogens is 318 g/mol. The summed E-state index contributed by atoms with van der Waals surface area (Å²) >= 11 is 0. The lowest BCUT2D eigenvalue weighted by molar-refractivity contribution is -0.122. The van der Waals surface area contributed by atoms with Crippen molar-refractivity contribution < 1.29 is 14.4 Å². The van der Waals surface area contributed by atoms with Gasteiger partial charge in [0.05, 0.1) is 0 Å². The molecule has 0 saturated heterocycles. The number of primary amides is 1. The van der Waals surface area contributed by atoms with Crippen molar-refractivity contribution in [3.63, 3.8) is 0 Å². The first-order chi connectivity index (χ1) is 12.0. The van der Waals surface area contributed by atoms with Gasteiger partial charge in [-0.2, -0.15) is 0 Å². The summed E-state index contributed by atoms with van der Waals surface area (Å²) in [6.45, 7) is 0.464. The molecule has 25 heavy (non-hydrogen) atoms. The summed E-state index contributed by atoms with van der Waals surface area (Å²) in [6.07, 6.45) is 1.96. The molecule has 1 aliphatic carbocycles.